The normalized spacial score (nSPS) is 10.3. The summed E-state index contributed by atoms with van der Waals surface area (Å²) in [5.41, 5.74) is 3.16. The molecule has 0 radical (unpaired) electrons. The molecule has 134 valence electrons. The zero-order chi connectivity index (χ0) is 18.9. The fraction of sp³-hybridized carbons (Fsp3) is 0.143. The second-order valence-electron chi connectivity index (χ2n) is 5.72. The van der Waals surface area contributed by atoms with Crippen LogP contribution in [0.3, 0.4) is 0 Å². The number of hydrogen-bond donors (Lipinski definition) is 1. The van der Waals surface area contributed by atoms with Crippen LogP contribution < -0.4 is 15.0 Å². The third-order valence-electron chi connectivity index (χ3n) is 3.82. The van der Waals surface area contributed by atoms with E-state index in [2.05, 4.69) is 5.32 Å². The maximum absolute atomic E-state index is 10.3. The molecule has 0 atom stereocenters. The maximum atomic E-state index is 10.3. The third kappa shape index (κ3) is 5.34. The van der Waals surface area contributed by atoms with Gasteiger partial charge in [0.05, 0.1) is 12.0 Å². The van der Waals surface area contributed by atoms with E-state index < -0.39 is 5.97 Å². The second kappa shape index (κ2) is 9.22. The number of para-hydroxylation sites is 1. The number of aromatic nitrogens is 1. The number of rotatable bonds is 4. The van der Waals surface area contributed by atoms with Crippen LogP contribution in [0.1, 0.15) is 27.5 Å². The Morgan fingerprint density at radius 3 is 2.27 bits per heavy atom. The summed E-state index contributed by atoms with van der Waals surface area (Å²) < 4.78 is 7.36. The first kappa shape index (κ1) is 19.0. The molecule has 1 aromatic heterocycles. The molecule has 0 amide bonds. The zero-order valence-electron chi connectivity index (χ0n) is 15.1. The van der Waals surface area contributed by atoms with Crippen molar-refractivity contribution in [2.24, 2.45) is 7.05 Å². The number of carbonyl (C=O) groups excluding carboxylic acids is 1. The summed E-state index contributed by atoms with van der Waals surface area (Å²) in [7, 11) is 1.97. The Labute approximate surface area is 153 Å². The lowest BCUT2D eigenvalue weighted by atomic mass is 10.1. The van der Waals surface area contributed by atoms with E-state index >= 15 is 0 Å². The number of carboxylic acid groups (broad SMARTS) is 1. The average molecular weight is 350 g/mol. The third-order valence-corrected chi connectivity index (χ3v) is 3.82. The summed E-state index contributed by atoms with van der Waals surface area (Å²) >= 11 is 0. The molecular formula is C21H22N2O3. The van der Waals surface area contributed by atoms with E-state index in [1.165, 1.54) is 6.07 Å². The molecule has 0 unspecified atom stereocenters. The van der Waals surface area contributed by atoms with Crippen molar-refractivity contribution < 1.29 is 18.9 Å². The van der Waals surface area contributed by atoms with Gasteiger partial charge in [0.2, 0.25) is 5.69 Å². The first-order valence-electron chi connectivity index (χ1n) is 8.18. The van der Waals surface area contributed by atoms with Crippen LogP contribution in [0.4, 0.5) is 5.69 Å². The van der Waals surface area contributed by atoms with Crippen LogP contribution in [0.25, 0.3) is 6.08 Å². The molecule has 5 nitrogen and oxygen atoms in total. The number of aryl methyl sites for hydroxylation is 2. The van der Waals surface area contributed by atoms with Crippen molar-refractivity contribution in [2.75, 3.05) is 5.32 Å². The minimum absolute atomic E-state index is 0.266. The Morgan fingerprint density at radius 1 is 1.08 bits per heavy atom. The molecular weight excluding hydrogens is 328 g/mol. The van der Waals surface area contributed by atoms with Gasteiger partial charge in [-0.2, -0.15) is 4.57 Å². The van der Waals surface area contributed by atoms with Crippen LogP contribution in [0.5, 0.6) is 0 Å². The van der Waals surface area contributed by atoms with Gasteiger partial charge in [-0.25, -0.2) is 0 Å². The quantitative estimate of drug-likeness (QED) is 0.735. The van der Waals surface area contributed by atoms with Crippen molar-refractivity contribution in [3.05, 3.63) is 89.8 Å². The lowest BCUT2D eigenvalue weighted by Crippen LogP contribution is -2.31. The zero-order valence-corrected chi connectivity index (χ0v) is 15.1. The molecule has 0 fully saturated rings. The number of nitrogens with zero attached hydrogens (tertiary/aromatic N) is 1. The molecule has 26 heavy (non-hydrogen) atoms. The molecule has 0 saturated carbocycles. The Morgan fingerprint density at radius 2 is 1.73 bits per heavy atom. The van der Waals surface area contributed by atoms with E-state index in [0.717, 1.165) is 22.8 Å². The highest BCUT2D eigenvalue weighted by molar-refractivity contribution is 5.87. The number of benzene rings is 2. The van der Waals surface area contributed by atoms with Gasteiger partial charge in [0.25, 0.3) is 0 Å². The van der Waals surface area contributed by atoms with E-state index in [1.807, 2.05) is 61.1 Å². The van der Waals surface area contributed by atoms with Crippen molar-refractivity contribution in [3.63, 3.8) is 0 Å². The van der Waals surface area contributed by atoms with Crippen molar-refractivity contribution in [3.8, 4) is 0 Å². The van der Waals surface area contributed by atoms with Crippen LogP contribution in [0.2, 0.25) is 0 Å². The van der Waals surface area contributed by atoms with Crippen LogP contribution in [-0.4, -0.2) is 5.97 Å². The molecule has 0 aliphatic heterocycles. The highest BCUT2D eigenvalue weighted by Crippen LogP contribution is 2.06. The fourth-order valence-corrected chi connectivity index (χ4v) is 2.17. The standard InChI is InChI=1S/C13H14N2O.C8H8O2/c1-11-10-16-13(15(11)2)8-9-14-12-6-4-3-5-7-12;1-6-4-2-3-5-7(6)8(9)10/h3-10H,1-2H3;2-5H,1H3,(H,9,10). The first-order valence-corrected chi connectivity index (χ1v) is 8.18. The Bertz CT molecular complexity index is 883. The van der Waals surface area contributed by atoms with Gasteiger partial charge in [0.1, 0.15) is 7.05 Å². The topological polar surface area (TPSA) is 69.2 Å². The molecule has 5 heteroatoms. The largest absolute Gasteiger partial charge is 0.545 e. The average Bonchev–Trinajstić information content (AvgIpc) is 2.95. The van der Waals surface area contributed by atoms with Gasteiger partial charge in [-0.1, -0.05) is 42.5 Å². The summed E-state index contributed by atoms with van der Waals surface area (Å²) in [5, 5.41) is 13.5. The van der Waals surface area contributed by atoms with E-state index in [9.17, 15) is 9.90 Å². The summed E-state index contributed by atoms with van der Waals surface area (Å²) in [6.07, 6.45) is 5.51. The Hall–Kier alpha value is -3.34. The minimum Gasteiger partial charge on any atom is -0.545 e. The summed E-state index contributed by atoms with van der Waals surface area (Å²) in [6, 6.07) is 16.7. The second-order valence-corrected chi connectivity index (χ2v) is 5.72. The number of aromatic carboxylic acids is 1. The van der Waals surface area contributed by atoms with Crippen molar-refractivity contribution in [2.45, 2.75) is 13.8 Å². The molecule has 3 aromatic rings. The first-order chi connectivity index (χ1) is 12.5. The van der Waals surface area contributed by atoms with Crippen LogP contribution in [0, 0.1) is 13.8 Å². The van der Waals surface area contributed by atoms with E-state index in [-0.39, 0.29) is 5.56 Å². The Balaban J connectivity index is 0.000000209. The van der Waals surface area contributed by atoms with Crippen molar-refractivity contribution >= 4 is 17.7 Å². The van der Waals surface area contributed by atoms with Gasteiger partial charge < -0.3 is 19.6 Å². The number of hydrogen-bond acceptors (Lipinski definition) is 4. The fourth-order valence-electron chi connectivity index (χ4n) is 2.17. The smallest absolute Gasteiger partial charge is 0.374 e. The molecule has 2 aromatic carbocycles. The van der Waals surface area contributed by atoms with E-state index in [4.69, 9.17) is 4.42 Å². The summed E-state index contributed by atoms with van der Waals surface area (Å²) in [5.74, 6) is -0.293. The molecule has 0 aliphatic carbocycles. The number of oxazole rings is 1. The number of carbonyl (C=O) groups is 1. The van der Waals surface area contributed by atoms with Crippen LogP contribution in [-0.2, 0) is 7.05 Å². The lowest BCUT2D eigenvalue weighted by Gasteiger charge is -2.03. The molecule has 1 heterocycles. The highest BCUT2D eigenvalue weighted by Gasteiger charge is 2.10. The van der Waals surface area contributed by atoms with Gasteiger partial charge in [-0.05, 0) is 24.6 Å². The predicted octanol–water partition coefficient (Wildman–Crippen LogP) is 2.85. The monoisotopic (exact) mass is 350 g/mol. The van der Waals surface area contributed by atoms with Crippen molar-refractivity contribution in [1.82, 2.24) is 0 Å². The molecule has 0 aliphatic rings. The SMILES string of the molecule is Cc1ccccc1C(=O)[O-].Cc1coc(/C=C/Nc2ccccc2)[n+]1C. The highest BCUT2D eigenvalue weighted by atomic mass is 16.4. The van der Waals surface area contributed by atoms with E-state index in [0.29, 0.717) is 0 Å². The minimum atomic E-state index is -1.11. The molecule has 1 N–H and O–H groups in total. The van der Waals surface area contributed by atoms with Crippen molar-refractivity contribution in [1.29, 1.82) is 0 Å². The van der Waals surface area contributed by atoms with E-state index in [1.54, 1.807) is 31.4 Å². The van der Waals surface area contributed by atoms with Gasteiger partial charge in [0, 0.05) is 24.4 Å². The summed E-state index contributed by atoms with van der Waals surface area (Å²) in [6.45, 7) is 3.75. The Kier molecular flexibility index (Phi) is 6.74. The summed E-state index contributed by atoms with van der Waals surface area (Å²) in [4.78, 5) is 10.3. The van der Waals surface area contributed by atoms with Crippen LogP contribution in [0.15, 0.2) is 71.5 Å². The van der Waals surface area contributed by atoms with Gasteiger partial charge in [-0.3, -0.25) is 0 Å². The predicted molar refractivity (Wildman–Crippen MR) is 99.2 cm³/mol. The lowest BCUT2D eigenvalue weighted by molar-refractivity contribution is -0.682. The number of nitrogens with one attached hydrogen (secondary N) is 1. The number of anilines is 1. The van der Waals surface area contributed by atoms with Gasteiger partial charge in [0.15, 0.2) is 6.26 Å². The molecule has 0 spiro atoms. The molecule has 3 rings (SSSR count). The molecule has 0 saturated heterocycles. The van der Waals surface area contributed by atoms with Gasteiger partial charge >= 0.3 is 5.89 Å². The van der Waals surface area contributed by atoms with Crippen LogP contribution >= 0.6 is 0 Å². The maximum Gasteiger partial charge on any atom is 0.374 e. The molecule has 0 bridgehead atoms. The van der Waals surface area contributed by atoms with Gasteiger partial charge in [-0.15, -0.1) is 0 Å². The number of carboxylic acids is 1.